The predicted molar refractivity (Wildman–Crippen MR) is 54.3 cm³/mol. The van der Waals surface area contributed by atoms with Gasteiger partial charge in [0.1, 0.15) is 5.67 Å². The van der Waals surface area contributed by atoms with Crippen LogP contribution in [0.1, 0.15) is 11.8 Å². The van der Waals surface area contributed by atoms with Crippen molar-refractivity contribution in [3.8, 4) is 0 Å². The zero-order chi connectivity index (χ0) is 9.19. The molecule has 0 amide bonds. The van der Waals surface area contributed by atoms with Gasteiger partial charge in [-0.05, 0) is 28.9 Å². The van der Waals surface area contributed by atoms with Crippen molar-refractivity contribution < 1.29 is 4.39 Å². The van der Waals surface area contributed by atoms with Gasteiger partial charge in [0, 0.05) is 27.7 Å². The smallest absolute Gasteiger partial charge is 0.125 e. The molecule has 68 valence electrons. The van der Waals surface area contributed by atoms with Crippen molar-refractivity contribution in [3.63, 3.8) is 0 Å². The van der Waals surface area contributed by atoms with E-state index >= 15 is 0 Å². The number of hydrogen-bond acceptors (Lipinski definition) is 2. The van der Waals surface area contributed by atoms with Crippen molar-refractivity contribution in [2.45, 2.75) is 19.0 Å². The lowest BCUT2D eigenvalue weighted by Gasteiger charge is -2.16. The molecule has 0 saturated carbocycles. The van der Waals surface area contributed by atoms with E-state index in [1.54, 1.807) is 11.3 Å². The minimum atomic E-state index is -1.27. The zero-order valence-electron chi connectivity index (χ0n) is 6.81. The fraction of sp³-hybridized carbons (Fsp3) is 0.500. The molecular weight excluding hydrogens is 241 g/mol. The molecule has 2 N–H and O–H groups in total. The largest absolute Gasteiger partial charge is 0.328 e. The summed E-state index contributed by atoms with van der Waals surface area (Å²) in [6.45, 7) is 1.60. The fourth-order valence-electron chi connectivity index (χ4n) is 0.882. The summed E-state index contributed by atoms with van der Waals surface area (Å²) in [6, 6.07) is 1.93. The normalized spacial score (nSPS) is 16.0. The first-order chi connectivity index (χ1) is 5.53. The molecule has 0 radical (unpaired) electrons. The molecule has 1 rings (SSSR count). The molecule has 0 saturated heterocycles. The standard InChI is InChI=1S/C8H11BrFNS/c1-8(10,5-11)3-7-2-6(9)4-12-7/h2,4H,3,5,11H2,1H3. The third-order valence-electron chi connectivity index (χ3n) is 1.59. The van der Waals surface area contributed by atoms with Gasteiger partial charge in [-0.2, -0.15) is 0 Å². The number of halogens is 2. The Kier molecular flexibility index (Phi) is 3.26. The van der Waals surface area contributed by atoms with E-state index in [0.29, 0.717) is 6.42 Å². The molecule has 0 spiro atoms. The summed E-state index contributed by atoms with van der Waals surface area (Å²) in [5.74, 6) is 0. The van der Waals surface area contributed by atoms with Crippen LogP contribution in [0.2, 0.25) is 0 Å². The van der Waals surface area contributed by atoms with Gasteiger partial charge in [-0.3, -0.25) is 0 Å². The quantitative estimate of drug-likeness (QED) is 0.879. The van der Waals surface area contributed by atoms with Crippen molar-refractivity contribution in [2.75, 3.05) is 6.54 Å². The van der Waals surface area contributed by atoms with Crippen LogP contribution in [0.5, 0.6) is 0 Å². The van der Waals surface area contributed by atoms with Crippen LogP contribution in [0.15, 0.2) is 15.9 Å². The molecule has 12 heavy (non-hydrogen) atoms. The molecule has 0 aliphatic heterocycles. The molecule has 1 nitrogen and oxygen atoms in total. The van der Waals surface area contributed by atoms with Crippen LogP contribution >= 0.6 is 27.3 Å². The highest BCUT2D eigenvalue weighted by atomic mass is 79.9. The van der Waals surface area contributed by atoms with Crippen LogP contribution in [0, 0.1) is 0 Å². The van der Waals surface area contributed by atoms with Crippen molar-refractivity contribution in [1.82, 2.24) is 0 Å². The number of rotatable bonds is 3. The molecule has 1 aromatic heterocycles. The van der Waals surface area contributed by atoms with Gasteiger partial charge in [-0.1, -0.05) is 0 Å². The van der Waals surface area contributed by atoms with Crippen LogP contribution in [0.25, 0.3) is 0 Å². The monoisotopic (exact) mass is 251 g/mol. The van der Waals surface area contributed by atoms with E-state index in [9.17, 15) is 4.39 Å². The third kappa shape index (κ3) is 2.84. The van der Waals surface area contributed by atoms with E-state index in [0.717, 1.165) is 9.35 Å². The number of thiophene rings is 1. The van der Waals surface area contributed by atoms with Gasteiger partial charge in [-0.25, -0.2) is 4.39 Å². The van der Waals surface area contributed by atoms with E-state index in [1.165, 1.54) is 6.92 Å². The molecule has 1 atom stereocenters. The van der Waals surface area contributed by atoms with Gasteiger partial charge >= 0.3 is 0 Å². The summed E-state index contributed by atoms with van der Waals surface area (Å²) in [4.78, 5) is 1.03. The highest BCUT2D eigenvalue weighted by molar-refractivity contribution is 9.10. The molecule has 1 unspecified atom stereocenters. The first-order valence-corrected chi connectivity index (χ1v) is 5.33. The highest BCUT2D eigenvalue weighted by Gasteiger charge is 2.22. The molecule has 0 fully saturated rings. The number of hydrogen-bond donors (Lipinski definition) is 1. The second kappa shape index (κ2) is 3.85. The minimum Gasteiger partial charge on any atom is -0.328 e. The van der Waals surface area contributed by atoms with Gasteiger partial charge in [-0.15, -0.1) is 11.3 Å². The van der Waals surface area contributed by atoms with Crippen molar-refractivity contribution >= 4 is 27.3 Å². The highest BCUT2D eigenvalue weighted by Crippen LogP contribution is 2.25. The summed E-state index contributed by atoms with van der Waals surface area (Å²) >= 11 is 4.87. The average molecular weight is 252 g/mol. The van der Waals surface area contributed by atoms with E-state index < -0.39 is 5.67 Å². The second-order valence-corrected chi connectivity index (χ2v) is 4.94. The summed E-state index contributed by atoms with van der Waals surface area (Å²) in [5.41, 5.74) is 4.01. The fourth-order valence-corrected chi connectivity index (χ4v) is 2.50. The molecule has 1 heterocycles. The Morgan fingerprint density at radius 2 is 2.42 bits per heavy atom. The Balaban J connectivity index is 2.63. The lowest BCUT2D eigenvalue weighted by Crippen LogP contribution is -2.31. The van der Waals surface area contributed by atoms with E-state index in [2.05, 4.69) is 15.9 Å². The Hall–Kier alpha value is 0.0700. The summed E-state index contributed by atoms with van der Waals surface area (Å²) in [5, 5.41) is 1.95. The Bertz CT molecular complexity index is 259. The predicted octanol–water partition coefficient (Wildman–Crippen LogP) is 2.74. The minimum absolute atomic E-state index is 0.0719. The maximum Gasteiger partial charge on any atom is 0.125 e. The SMILES string of the molecule is CC(F)(CN)Cc1cc(Br)cs1. The number of alkyl halides is 1. The maximum atomic E-state index is 13.4. The van der Waals surface area contributed by atoms with Gasteiger partial charge in [0.05, 0.1) is 0 Å². The summed E-state index contributed by atoms with van der Waals surface area (Å²) in [7, 11) is 0. The molecule has 0 bridgehead atoms. The van der Waals surface area contributed by atoms with Crippen LogP contribution in [-0.2, 0) is 6.42 Å². The molecule has 4 heteroatoms. The lowest BCUT2D eigenvalue weighted by molar-refractivity contribution is 0.201. The van der Waals surface area contributed by atoms with E-state index in [-0.39, 0.29) is 6.54 Å². The topological polar surface area (TPSA) is 26.0 Å². The Morgan fingerprint density at radius 1 is 1.75 bits per heavy atom. The van der Waals surface area contributed by atoms with Crippen molar-refractivity contribution in [3.05, 3.63) is 20.8 Å². The van der Waals surface area contributed by atoms with Crippen molar-refractivity contribution in [2.24, 2.45) is 5.73 Å². The van der Waals surface area contributed by atoms with Gasteiger partial charge in [0.25, 0.3) is 0 Å². The van der Waals surface area contributed by atoms with Crippen molar-refractivity contribution in [1.29, 1.82) is 0 Å². The summed E-state index contributed by atoms with van der Waals surface area (Å²) < 4.78 is 14.4. The van der Waals surface area contributed by atoms with Gasteiger partial charge in [0.15, 0.2) is 0 Å². The molecule has 0 aliphatic rings. The van der Waals surface area contributed by atoms with Gasteiger partial charge in [0.2, 0.25) is 0 Å². The van der Waals surface area contributed by atoms with E-state index in [1.807, 2.05) is 11.4 Å². The van der Waals surface area contributed by atoms with Gasteiger partial charge < -0.3 is 5.73 Å². The Morgan fingerprint density at radius 3 is 2.83 bits per heavy atom. The van der Waals surface area contributed by atoms with Crippen LogP contribution in [0.3, 0.4) is 0 Å². The Labute approximate surface area is 83.9 Å². The number of nitrogens with two attached hydrogens (primary N) is 1. The summed E-state index contributed by atoms with van der Waals surface area (Å²) in [6.07, 6.45) is 0.403. The lowest BCUT2D eigenvalue weighted by atomic mass is 10.0. The second-order valence-electron chi connectivity index (χ2n) is 3.03. The first-order valence-electron chi connectivity index (χ1n) is 3.65. The molecule has 0 aromatic carbocycles. The van der Waals surface area contributed by atoms with Crippen LogP contribution in [-0.4, -0.2) is 12.2 Å². The molecule has 0 aliphatic carbocycles. The molecular formula is C8H11BrFNS. The van der Waals surface area contributed by atoms with Crippen LogP contribution < -0.4 is 5.73 Å². The third-order valence-corrected chi connectivity index (χ3v) is 3.29. The first kappa shape index (κ1) is 10.2. The maximum absolute atomic E-state index is 13.4. The van der Waals surface area contributed by atoms with E-state index in [4.69, 9.17) is 5.73 Å². The van der Waals surface area contributed by atoms with Crippen LogP contribution in [0.4, 0.5) is 4.39 Å². The molecule has 1 aromatic rings. The average Bonchev–Trinajstić information content (AvgIpc) is 2.35. The zero-order valence-corrected chi connectivity index (χ0v) is 9.21.